The molecule has 1 aliphatic rings. The Bertz CT molecular complexity index is 495. The largest absolute Gasteiger partial charge is 0.325 e. The number of sulfone groups is 1. The summed E-state index contributed by atoms with van der Waals surface area (Å²) >= 11 is 0. The normalized spacial score (nSPS) is 17.1. The van der Waals surface area contributed by atoms with Crippen LogP contribution in [-0.2, 0) is 16.4 Å². The fourth-order valence-corrected chi connectivity index (χ4v) is 2.23. The number of nitrogens with two attached hydrogens (primary N) is 1. The van der Waals surface area contributed by atoms with Crippen LogP contribution in [0.2, 0.25) is 0 Å². The summed E-state index contributed by atoms with van der Waals surface area (Å²) in [5.41, 5.74) is 6.92. The molecule has 2 N–H and O–H groups in total. The topological polar surface area (TPSA) is 85.9 Å². The second kappa shape index (κ2) is 4.10. The van der Waals surface area contributed by atoms with Crippen LogP contribution in [-0.4, -0.2) is 24.6 Å². The van der Waals surface area contributed by atoms with E-state index < -0.39 is 9.84 Å². The molecule has 88 valence electrons. The van der Waals surface area contributed by atoms with Gasteiger partial charge in [0.1, 0.15) is 0 Å². The molecule has 2 rings (SSSR count). The van der Waals surface area contributed by atoms with Crippen LogP contribution in [0.3, 0.4) is 0 Å². The lowest BCUT2D eigenvalue weighted by atomic mass is 9.83. The van der Waals surface area contributed by atoms with Crippen molar-refractivity contribution in [3.05, 3.63) is 17.5 Å². The van der Waals surface area contributed by atoms with Crippen molar-refractivity contribution in [1.82, 2.24) is 9.97 Å². The Labute approximate surface area is 95.0 Å². The van der Waals surface area contributed by atoms with Gasteiger partial charge in [0, 0.05) is 24.4 Å². The summed E-state index contributed by atoms with van der Waals surface area (Å²) in [5, 5.41) is -0.0997. The maximum atomic E-state index is 11.4. The summed E-state index contributed by atoms with van der Waals surface area (Å²) < 4.78 is 22.8. The van der Waals surface area contributed by atoms with Crippen LogP contribution >= 0.6 is 0 Å². The van der Waals surface area contributed by atoms with E-state index in [1.54, 1.807) is 0 Å². The molecule has 0 aliphatic heterocycles. The Morgan fingerprint density at radius 2 is 2.12 bits per heavy atom. The SMILES string of the molecule is CS(=O)(=O)c1nc(CN)cc(C2CCC2)n1. The molecule has 0 aromatic carbocycles. The molecule has 16 heavy (non-hydrogen) atoms. The van der Waals surface area contributed by atoms with Gasteiger partial charge in [-0.05, 0) is 18.9 Å². The lowest BCUT2D eigenvalue weighted by molar-refractivity contribution is 0.407. The molecule has 0 amide bonds. The van der Waals surface area contributed by atoms with Crippen molar-refractivity contribution < 1.29 is 8.42 Å². The van der Waals surface area contributed by atoms with Crippen LogP contribution in [0.25, 0.3) is 0 Å². The van der Waals surface area contributed by atoms with Crippen molar-refractivity contribution in [1.29, 1.82) is 0 Å². The van der Waals surface area contributed by atoms with Crippen molar-refractivity contribution in [2.45, 2.75) is 36.9 Å². The van der Waals surface area contributed by atoms with Crippen LogP contribution in [0.1, 0.15) is 36.6 Å². The van der Waals surface area contributed by atoms with Crippen LogP contribution in [0.4, 0.5) is 0 Å². The molecule has 0 saturated heterocycles. The molecule has 6 heteroatoms. The van der Waals surface area contributed by atoms with Crippen LogP contribution in [0, 0.1) is 0 Å². The zero-order valence-corrected chi connectivity index (χ0v) is 10.00. The molecule has 5 nitrogen and oxygen atoms in total. The van der Waals surface area contributed by atoms with Gasteiger partial charge in [-0.25, -0.2) is 18.4 Å². The molecule has 1 heterocycles. The molecule has 1 fully saturated rings. The number of hydrogen-bond donors (Lipinski definition) is 1. The Morgan fingerprint density at radius 1 is 1.44 bits per heavy atom. The maximum absolute atomic E-state index is 11.4. The summed E-state index contributed by atoms with van der Waals surface area (Å²) in [6, 6.07) is 1.82. The maximum Gasteiger partial charge on any atom is 0.247 e. The van der Waals surface area contributed by atoms with Gasteiger partial charge in [0.05, 0.1) is 5.69 Å². The van der Waals surface area contributed by atoms with Crippen molar-refractivity contribution in [2.24, 2.45) is 5.73 Å². The minimum absolute atomic E-state index is 0.0997. The van der Waals surface area contributed by atoms with Gasteiger partial charge in [-0.2, -0.15) is 0 Å². The molecule has 1 saturated carbocycles. The van der Waals surface area contributed by atoms with Crippen molar-refractivity contribution in [3.63, 3.8) is 0 Å². The summed E-state index contributed by atoms with van der Waals surface area (Å²) in [5.74, 6) is 0.383. The van der Waals surface area contributed by atoms with Crippen molar-refractivity contribution in [3.8, 4) is 0 Å². The lowest BCUT2D eigenvalue weighted by Gasteiger charge is -2.25. The fourth-order valence-electron chi connectivity index (χ4n) is 1.68. The molecular formula is C10H15N3O2S. The first-order chi connectivity index (χ1) is 7.50. The fraction of sp³-hybridized carbons (Fsp3) is 0.600. The monoisotopic (exact) mass is 241 g/mol. The molecule has 0 atom stereocenters. The van der Waals surface area contributed by atoms with E-state index >= 15 is 0 Å². The van der Waals surface area contributed by atoms with Gasteiger partial charge in [0.25, 0.3) is 0 Å². The van der Waals surface area contributed by atoms with Crippen molar-refractivity contribution >= 4 is 9.84 Å². The molecular weight excluding hydrogens is 226 g/mol. The standard InChI is InChI=1S/C10H15N3O2S/c1-16(14,15)10-12-8(6-11)5-9(13-10)7-3-2-4-7/h5,7H,2-4,6,11H2,1H3. The zero-order valence-electron chi connectivity index (χ0n) is 9.18. The third kappa shape index (κ3) is 2.22. The van der Waals surface area contributed by atoms with E-state index in [0.29, 0.717) is 11.6 Å². The van der Waals surface area contributed by atoms with E-state index in [4.69, 9.17) is 5.73 Å². The summed E-state index contributed by atoms with van der Waals surface area (Å²) in [7, 11) is -3.35. The Hall–Kier alpha value is -1.01. The first-order valence-corrected chi connectivity index (χ1v) is 7.18. The van der Waals surface area contributed by atoms with Gasteiger partial charge < -0.3 is 5.73 Å². The van der Waals surface area contributed by atoms with Gasteiger partial charge in [-0.15, -0.1) is 0 Å². The smallest absolute Gasteiger partial charge is 0.247 e. The molecule has 1 aliphatic carbocycles. The predicted octanol–water partition coefficient (Wildman–Crippen LogP) is 0.606. The Balaban J connectivity index is 2.46. The summed E-state index contributed by atoms with van der Waals surface area (Å²) in [6.45, 7) is 0.241. The highest BCUT2D eigenvalue weighted by Gasteiger charge is 2.23. The average Bonchev–Trinajstić information content (AvgIpc) is 2.13. The number of aromatic nitrogens is 2. The molecule has 0 radical (unpaired) electrons. The predicted molar refractivity (Wildman–Crippen MR) is 59.6 cm³/mol. The van der Waals surface area contributed by atoms with E-state index in [-0.39, 0.29) is 11.7 Å². The van der Waals surface area contributed by atoms with Gasteiger partial charge in [-0.1, -0.05) is 6.42 Å². The quantitative estimate of drug-likeness (QED) is 0.783. The number of rotatable bonds is 3. The first-order valence-electron chi connectivity index (χ1n) is 5.28. The third-order valence-electron chi connectivity index (χ3n) is 2.84. The zero-order chi connectivity index (χ0) is 11.8. The molecule has 0 bridgehead atoms. The highest BCUT2D eigenvalue weighted by molar-refractivity contribution is 7.90. The summed E-state index contributed by atoms with van der Waals surface area (Å²) in [6.07, 6.45) is 4.45. The van der Waals surface area contributed by atoms with Crippen molar-refractivity contribution in [2.75, 3.05) is 6.26 Å². The number of nitrogens with zero attached hydrogens (tertiary/aromatic N) is 2. The summed E-state index contributed by atoms with van der Waals surface area (Å²) in [4.78, 5) is 8.06. The van der Waals surface area contributed by atoms with E-state index in [1.165, 1.54) is 6.42 Å². The average molecular weight is 241 g/mol. The van der Waals surface area contributed by atoms with E-state index in [0.717, 1.165) is 24.8 Å². The lowest BCUT2D eigenvalue weighted by Crippen LogP contribution is -2.16. The van der Waals surface area contributed by atoms with E-state index in [9.17, 15) is 8.42 Å². The molecule has 0 spiro atoms. The molecule has 0 unspecified atom stereocenters. The molecule has 1 aromatic heterocycles. The minimum Gasteiger partial charge on any atom is -0.325 e. The van der Waals surface area contributed by atoms with Gasteiger partial charge in [0.15, 0.2) is 0 Å². The van der Waals surface area contributed by atoms with Crippen LogP contribution < -0.4 is 5.73 Å². The van der Waals surface area contributed by atoms with Gasteiger partial charge >= 0.3 is 0 Å². The number of hydrogen-bond acceptors (Lipinski definition) is 5. The Kier molecular flexibility index (Phi) is 2.94. The highest BCUT2D eigenvalue weighted by atomic mass is 32.2. The second-order valence-corrected chi connectivity index (χ2v) is 6.08. The van der Waals surface area contributed by atoms with Crippen LogP contribution in [0.15, 0.2) is 11.2 Å². The van der Waals surface area contributed by atoms with Crippen LogP contribution in [0.5, 0.6) is 0 Å². The minimum atomic E-state index is -3.35. The first kappa shape index (κ1) is 11.5. The molecule has 1 aromatic rings. The van der Waals surface area contributed by atoms with E-state index in [1.807, 2.05) is 6.07 Å². The van der Waals surface area contributed by atoms with Gasteiger partial charge in [-0.3, -0.25) is 0 Å². The second-order valence-electron chi connectivity index (χ2n) is 4.17. The highest BCUT2D eigenvalue weighted by Crippen LogP contribution is 2.35. The Morgan fingerprint density at radius 3 is 2.56 bits per heavy atom. The third-order valence-corrected chi connectivity index (χ3v) is 3.69. The van der Waals surface area contributed by atoms with Gasteiger partial charge in [0.2, 0.25) is 15.0 Å². The van der Waals surface area contributed by atoms with E-state index in [2.05, 4.69) is 9.97 Å².